The molecule has 0 aliphatic carbocycles. The van der Waals surface area contributed by atoms with Gasteiger partial charge in [-0.15, -0.1) is 20.4 Å². The van der Waals surface area contributed by atoms with Gasteiger partial charge in [-0.05, 0) is 36.4 Å². The van der Waals surface area contributed by atoms with Crippen molar-refractivity contribution in [3.05, 3.63) is 63.9 Å². The summed E-state index contributed by atoms with van der Waals surface area (Å²) in [5, 5.41) is 17.6. The molecule has 0 unspecified atom stereocenters. The van der Waals surface area contributed by atoms with Crippen molar-refractivity contribution in [1.82, 2.24) is 25.1 Å². The van der Waals surface area contributed by atoms with Crippen LogP contribution in [0.15, 0.2) is 62.6 Å². The molecule has 0 saturated heterocycles. The molecule has 2 aromatic carbocycles. The Kier molecular flexibility index (Phi) is 5.15. The Morgan fingerprint density at radius 1 is 1.04 bits per heavy atom. The number of rotatable bonds is 5. The molecule has 7 nitrogen and oxygen atoms in total. The highest BCUT2D eigenvalue weighted by Crippen LogP contribution is 2.29. The van der Waals surface area contributed by atoms with E-state index in [1.54, 1.807) is 12.1 Å². The predicted octanol–water partition coefficient (Wildman–Crippen LogP) is 4.42. The van der Waals surface area contributed by atoms with Gasteiger partial charge < -0.3 is 10.3 Å². The number of nitrogens with two attached hydrogens (primary N) is 1. The van der Waals surface area contributed by atoms with Crippen LogP contribution < -0.4 is 5.84 Å². The van der Waals surface area contributed by atoms with E-state index in [4.69, 9.17) is 21.9 Å². The minimum absolute atomic E-state index is 0.423. The molecule has 0 radical (unpaired) electrons. The SMILES string of the molecule is Nn1c(SCc2nnc(-c3ccc(Cl)cc3)o2)nnc1-c1ccccc1Br. The Balaban J connectivity index is 1.49. The van der Waals surface area contributed by atoms with E-state index < -0.39 is 0 Å². The zero-order valence-corrected chi connectivity index (χ0v) is 16.9. The first-order valence-electron chi connectivity index (χ1n) is 7.78. The Labute approximate surface area is 172 Å². The van der Waals surface area contributed by atoms with Crippen molar-refractivity contribution in [2.75, 3.05) is 5.84 Å². The van der Waals surface area contributed by atoms with Crippen LogP contribution >= 0.6 is 39.3 Å². The van der Waals surface area contributed by atoms with Crippen molar-refractivity contribution in [2.45, 2.75) is 10.9 Å². The van der Waals surface area contributed by atoms with Crippen LogP contribution in [0.1, 0.15) is 5.89 Å². The Bertz CT molecular complexity index is 1080. The van der Waals surface area contributed by atoms with Gasteiger partial charge in [-0.25, -0.2) is 4.68 Å². The first-order valence-corrected chi connectivity index (χ1v) is 9.94. The van der Waals surface area contributed by atoms with Crippen LogP contribution in [0.25, 0.3) is 22.8 Å². The maximum Gasteiger partial charge on any atom is 0.247 e. The standard InChI is InChI=1S/C17H12BrClN6OS/c18-13-4-2-1-3-12(13)15-22-24-17(25(15)20)27-9-14-21-23-16(26-14)10-5-7-11(19)8-6-10/h1-8H,9,20H2. The summed E-state index contributed by atoms with van der Waals surface area (Å²) < 4.78 is 8.03. The van der Waals surface area contributed by atoms with Crippen molar-refractivity contribution < 1.29 is 4.42 Å². The van der Waals surface area contributed by atoms with Gasteiger partial charge in [0.15, 0.2) is 5.82 Å². The van der Waals surface area contributed by atoms with Crippen molar-refractivity contribution in [1.29, 1.82) is 0 Å². The summed E-state index contributed by atoms with van der Waals surface area (Å²) in [6.07, 6.45) is 0. The molecule has 4 rings (SSSR count). The molecule has 0 spiro atoms. The molecule has 27 heavy (non-hydrogen) atoms. The Morgan fingerprint density at radius 2 is 1.81 bits per heavy atom. The highest BCUT2D eigenvalue weighted by Gasteiger charge is 2.16. The average Bonchev–Trinajstić information content (AvgIpc) is 3.28. The summed E-state index contributed by atoms with van der Waals surface area (Å²) in [6.45, 7) is 0. The lowest BCUT2D eigenvalue weighted by molar-refractivity contribution is 0.528. The van der Waals surface area contributed by atoms with E-state index in [2.05, 4.69) is 36.3 Å². The first kappa shape index (κ1) is 18.0. The molecular formula is C17H12BrClN6OS. The third-order valence-electron chi connectivity index (χ3n) is 3.66. The molecule has 136 valence electrons. The molecule has 2 N–H and O–H groups in total. The summed E-state index contributed by atoms with van der Waals surface area (Å²) in [7, 11) is 0. The van der Waals surface area contributed by atoms with Gasteiger partial charge in [0.25, 0.3) is 0 Å². The number of thioether (sulfide) groups is 1. The molecule has 0 amide bonds. The van der Waals surface area contributed by atoms with Crippen molar-refractivity contribution in [3.63, 3.8) is 0 Å². The highest BCUT2D eigenvalue weighted by molar-refractivity contribution is 9.10. The summed E-state index contributed by atoms with van der Waals surface area (Å²) >= 11 is 10.8. The Hall–Kier alpha value is -2.36. The highest BCUT2D eigenvalue weighted by atomic mass is 79.9. The lowest BCUT2D eigenvalue weighted by atomic mass is 10.2. The molecule has 0 bridgehead atoms. The molecule has 2 heterocycles. The van der Waals surface area contributed by atoms with E-state index >= 15 is 0 Å². The van der Waals surface area contributed by atoms with Gasteiger partial charge in [0.05, 0.1) is 5.75 Å². The molecule has 0 fully saturated rings. The zero-order valence-electron chi connectivity index (χ0n) is 13.7. The molecule has 0 saturated carbocycles. The number of halogens is 2. The van der Waals surface area contributed by atoms with E-state index in [0.29, 0.717) is 33.5 Å². The lowest BCUT2D eigenvalue weighted by Crippen LogP contribution is -2.11. The van der Waals surface area contributed by atoms with Gasteiger partial charge in [-0.2, -0.15) is 0 Å². The van der Waals surface area contributed by atoms with E-state index in [9.17, 15) is 0 Å². The van der Waals surface area contributed by atoms with Crippen LogP contribution in [0, 0.1) is 0 Å². The van der Waals surface area contributed by atoms with Crippen molar-refractivity contribution in [2.24, 2.45) is 0 Å². The van der Waals surface area contributed by atoms with E-state index in [1.807, 2.05) is 36.4 Å². The smallest absolute Gasteiger partial charge is 0.247 e. The second-order valence-electron chi connectivity index (χ2n) is 5.45. The van der Waals surface area contributed by atoms with Gasteiger partial charge in [0.2, 0.25) is 16.9 Å². The Morgan fingerprint density at radius 3 is 2.59 bits per heavy atom. The fraction of sp³-hybridized carbons (Fsp3) is 0.0588. The van der Waals surface area contributed by atoms with Gasteiger partial charge in [-0.3, -0.25) is 0 Å². The van der Waals surface area contributed by atoms with Crippen molar-refractivity contribution in [3.8, 4) is 22.8 Å². The van der Waals surface area contributed by atoms with Gasteiger partial charge >= 0.3 is 0 Å². The van der Waals surface area contributed by atoms with Crippen LogP contribution in [-0.4, -0.2) is 25.1 Å². The molecule has 0 atom stereocenters. The number of nitrogen functional groups attached to an aromatic ring is 1. The number of aromatic nitrogens is 5. The topological polar surface area (TPSA) is 95.7 Å². The minimum Gasteiger partial charge on any atom is -0.420 e. The van der Waals surface area contributed by atoms with Crippen LogP contribution in [0.5, 0.6) is 0 Å². The van der Waals surface area contributed by atoms with Gasteiger partial charge in [0, 0.05) is 20.6 Å². The molecular weight excluding hydrogens is 452 g/mol. The van der Waals surface area contributed by atoms with Crippen LogP contribution in [0.3, 0.4) is 0 Å². The van der Waals surface area contributed by atoms with Crippen LogP contribution in [0.2, 0.25) is 5.02 Å². The summed E-state index contributed by atoms with van der Waals surface area (Å²) in [5.41, 5.74) is 1.67. The molecule has 2 aromatic heterocycles. The largest absolute Gasteiger partial charge is 0.420 e. The number of hydrogen-bond donors (Lipinski definition) is 1. The van der Waals surface area contributed by atoms with E-state index in [-0.39, 0.29) is 0 Å². The van der Waals surface area contributed by atoms with Gasteiger partial charge in [0.1, 0.15) is 0 Å². The average molecular weight is 464 g/mol. The quantitative estimate of drug-likeness (QED) is 0.346. The maximum atomic E-state index is 6.15. The first-order chi connectivity index (χ1) is 13.1. The van der Waals surface area contributed by atoms with Crippen LogP contribution in [0.4, 0.5) is 0 Å². The molecule has 4 aromatic rings. The van der Waals surface area contributed by atoms with E-state index in [1.165, 1.54) is 16.4 Å². The summed E-state index contributed by atoms with van der Waals surface area (Å²) in [4.78, 5) is 0. The second-order valence-corrected chi connectivity index (χ2v) is 7.69. The zero-order chi connectivity index (χ0) is 18.8. The molecule has 0 aliphatic heterocycles. The number of benzene rings is 2. The van der Waals surface area contributed by atoms with Gasteiger partial charge in [-0.1, -0.05) is 51.4 Å². The second kappa shape index (κ2) is 7.71. The lowest BCUT2D eigenvalue weighted by Gasteiger charge is -2.04. The van der Waals surface area contributed by atoms with Crippen LogP contribution in [-0.2, 0) is 5.75 Å². The predicted molar refractivity (Wildman–Crippen MR) is 108 cm³/mol. The minimum atomic E-state index is 0.423. The third-order valence-corrected chi connectivity index (χ3v) is 5.53. The summed E-state index contributed by atoms with van der Waals surface area (Å²) in [5.74, 6) is 8.04. The monoisotopic (exact) mass is 462 g/mol. The number of nitrogens with zero attached hydrogens (tertiary/aromatic N) is 5. The third kappa shape index (κ3) is 3.85. The van der Waals surface area contributed by atoms with Crippen molar-refractivity contribution >= 4 is 39.3 Å². The summed E-state index contributed by atoms with van der Waals surface area (Å²) in [6, 6.07) is 14.9. The molecule has 10 heteroatoms. The fourth-order valence-electron chi connectivity index (χ4n) is 2.35. The molecule has 0 aliphatic rings. The van der Waals surface area contributed by atoms with E-state index in [0.717, 1.165) is 15.6 Å². The fourth-order valence-corrected chi connectivity index (χ4v) is 3.63. The number of hydrogen-bond acceptors (Lipinski definition) is 7. The maximum absolute atomic E-state index is 6.15. The normalized spacial score (nSPS) is 11.0.